The van der Waals surface area contributed by atoms with E-state index in [4.69, 9.17) is 4.74 Å². The summed E-state index contributed by atoms with van der Waals surface area (Å²) in [5, 5.41) is 16.1. The van der Waals surface area contributed by atoms with Gasteiger partial charge in [0, 0.05) is 12.1 Å². The minimum absolute atomic E-state index is 0.193. The van der Waals surface area contributed by atoms with E-state index in [-0.39, 0.29) is 24.4 Å². The van der Waals surface area contributed by atoms with Gasteiger partial charge in [0.2, 0.25) is 5.91 Å². The molecule has 0 aromatic heterocycles. The van der Waals surface area contributed by atoms with Crippen LogP contribution in [0.1, 0.15) is 18.1 Å². The van der Waals surface area contributed by atoms with Crippen molar-refractivity contribution in [3.63, 3.8) is 0 Å². The van der Waals surface area contributed by atoms with E-state index < -0.39 is 34.9 Å². The van der Waals surface area contributed by atoms with Crippen molar-refractivity contribution in [1.29, 1.82) is 0 Å². The molecule has 10 nitrogen and oxygen atoms in total. The van der Waals surface area contributed by atoms with Crippen molar-refractivity contribution in [3.8, 4) is 5.75 Å². The third-order valence-corrected chi connectivity index (χ3v) is 4.89. The molecule has 1 aliphatic heterocycles. The molecule has 162 valence electrons. The van der Waals surface area contributed by atoms with E-state index in [2.05, 4.69) is 10.6 Å². The maximum absolute atomic E-state index is 12.9. The van der Waals surface area contributed by atoms with E-state index in [9.17, 15) is 24.5 Å². The van der Waals surface area contributed by atoms with Gasteiger partial charge in [-0.2, -0.15) is 0 Å². The number of nitro benzene ring substituents is 1. The zero-order valence-corrected chi connectivity index (χ0v) is 17.1. The van der Waals surface area contributed by atoms with E-state index in [0.29, 0.717) is 5.75 Å². The molecule has 1 atom stereocenters. The number of amides is 4. The lowest BCUT2D eigenvalue weighted by atomic mass is 9.91. The number of nitrogens with zero attached hydrogens (tertiary/aromatic N) is 2. The number of urea groups is 1. The van der Waals surface area contributed by atoms with Gasteiger partial charge in [-0.3, -0.25) is 24.6 Å². The van der Waals surface area contributed by atoms with Gasteiger partial charge in [-0.25, -0.2) is 4.79 Å². The molecule has 0 saturated carbocycles. The molecule has 10 heteroatoms. The molecule has 1 fully saturated rings. The molecule has 2 N–H and O–H groups in total. The van der Waals surface area contributed by atoms with Crippen LogP contribution in [0.4, 0.5) is 10.5 Å². The summed E-state index contributed by atoms with van der Waals surface area (Å²) < 4.78 is 5.54. The Morgan fingerprint density at radius 1 is 1.23 bits per heavy atom. The van der Waals surface area contributed by atoms with Gasteiger partial charge >= 0.3 is 6.03 Å². The fraction of sp³-hybridized carbons (Fsp3) is 0.286. The average molecular weight is 426 g/mol. The van der Waals surface area contributed by atoms with Crippen molar-refractivity contribution in [1.82, 2.24) is 15.5 Å². The second-order valence-electron chi connectivity index (χ2n) is 7.27. The predicted molar refractivity (Wildman–Crippen MR) is 110 cm³/mol. The third-order valence-electron chi connectivity index (χ3n) is 4.89. The zero-order chi connectivity index (χ0) is 22.6. The first kappa shape index (κ1) is 21.8. The SMILES string of the molecule is Cc1cccc(OCCNC(=O)CN2C(=O)NC(C)(c3cccc([N+](=O)[O-])c3)C2=O)c1. The quantitative estimate of drug-likeness (QED) is 0.287. The van der Waals surface area contributed by atoms with Crippen molar-refractivity contribution in [2.75, 3.05) is 19.7 Å². The molecular formula is C21H22N4O6. The molecule has 2 aromatic rings. The fourth-order valence-corrected chi connectivity index (χ4v) is 3.23. The lowest BCUT2D eigenvalue weighted by Crippen LogP contribution is -2.43. The minimum Gasteiger partial charge on any atom is -0.492 e. The van der Waals surface area contributed by atoms with E-state index in [1.54, 1.807) is 6.07 Å². The van der Waals surface area contributed by atoms with Gasteiger partial charge in [-0.1, -0.05) is 24.3 Å². The molecule has 1 aliphatic rings. The van der Waals surface area contributed by atoms with Crippen LogP contribution in [0.3, 0.4) is 0 Å². The molecule has 4 amide bonds. The van der Waals surface area contributed by atoms with Gasteiger partial charge in [0.15, 0.2) is 0 Å². The van der Waals surface area contributed by atoms with Crippen LogP contribution in [0.5, 0.6) is 5.75 Å². The molecule has 1 heterocycles. The Labute approximate surface area is 178 Å². The van der Waals surface area contributed by atoms with Crippen LogP contribution in [-0.2, 0) is 15.1 Å². The molecule has 0 radical (unpaired) electrons. The second-order valence-corrected chi connectivity index (χ2v) is 7.27. The largest absolute Gasteiger partial charge is 0.492 e. The number of carbonyl (C=O) groups is 3. The van der Waals surface area contributed by atoms with Crippen molar-refractivity contribution in [2.24, 2.45) is 0 Å². The molecular weight excluding hydrogens is 404 g/mol. The predicted octanol–water partition coefficient (Wildman–Crippen LogP) is 1.87. The first-order valence-electron chi connectivity index (χ1n) is 9.56. The summed E-state index contributed by atoms with van der Waals surface area (Å²) in [6, 6.07) is 12.2. The second kappa shape index (κ2) is 8.82. The third kappa shape index (κ3) is 4.80. The lowest BCUT2D eigenvalue weighted by Gasteiger charge is -2.22. The highest BCUT2D eigenvalue weighted by Gasteiger charge is 2.49. The van der Waals surface area contributed by atoms with Gasteiger partial charge in [0.25, 0.3) is 11.6 Å². The number of benzene rings is 2. The summed E-state index contributed by atoms with van der Waals surface area (Å²) in [6.07, 6.45) is 0. The Morgan fingerprint density at radius 2 is 1.97 bits per heavy atom. The topological polar surface area (TPSA) is 131 Å². The van der Waals surface area contributed by atoms with E-state index in [0.717, 1.165) is 10.5 Å². The van der Waals surface area contributed by atoms with Crippen LogP contribution in [0.2, 0.25) is 0 Å². The Bertz CT molecular complexity index is 1040. The van der Waals surface area contributed by atoms with Crippen LogP contribution in [0.25, 0.3) is 0 Å². The highest BCUT2D eigenvalue weighted by molar-refractivity contribution is 6.09. The van der Waals surface area contributed by atoms with E-state index in [1.807, 2.05) is 25.1 Å². The summed E-state index contributed by atoms with van der Waals surface area (Å²) in [4.78, 5) is 48.6. The van der Waals surface area contributed by atoms with Crippen LogP contribution < -0.4 is 15.4 Å². The Kier molecular flexibility index (Phi) is 6.19. The number of ether oxygens (including phenoxy) is 1. The smallest absolute Gasteiger partial charge is 0.325 e. The number of hydrogen-bond acceptors (Lipinski definition) is 6. The number of rotatable bonds is 8. The first-order chi connectivity index (χ1) is 14.7. The zero-order valence-electron chi connectivity index (χ0n) is 17.1. The van der Waals surface area contributed by atoms with Crippen LogP contribution in [0, 0.1) is 17.0 Å². The number of carbonyl (C=O) groups excluding carboxylic acids is 3. The molecule has 2 aromatic carbocycles. The van der Waals surface area contributed by atoms with Crippen molar-refractivity contribution in [2.45, 2.75) is 19.4 Å². The Hall–Kier alpha value is -3.95. The van der Waals surface area contributed by atoms with Crippen molar-refractivity contribution in [3.05, 3.63) is 69.8 Å². The number of hydrogen-bond donors (Lipinski definition) is 2. The highest BCUT2D eigenvalue weighted by atomic mass is 16.6. The Morgan fingerprint density at radius 3 is 2.68 bits per heavy atom. The number of aryl methyl sites for hydroxylation is 1. The summed E-state index contributed by atoms with van der Waals surface area (Å²) >= 11 is 0. The van der Waals surface area contributed by atoms with Crippen molar-refractivity contribution >= 4 is 23.5 Å². The maximum atomic E-state index is 12.9. The molecule has 0 bridgehead atoms. The molecule has 0 spiro atoms. The van der Waals surface area contributed by atoms with Gasteiger partial charge < -0.3 is 15.4 Å². The molecule has 1 unspecified atom stereocenters. The van der Waals surface area contributed by atoms with Gasteiger partial charge in [0.05, 0.1) is 11.5 Å². The highest BCUT2D eigenvalue weighted by Crippen LogP contribution is 2.30. The summed E-state index contributed by atoms with van der Waals surface area (Å²) in [7, 11) is 0. The number of non-ortho nitro benzene ring substituents is 1. The lowest BCUT2D eigenvalue weighted by molar-refractivity contribution is -0.385. The standard InChI is InChI=1S/C21H22N4O6/c1-14-5-3-8-17(11-14)31-10-9-22-18(26)13-24-19(27)21(2,23-20(24)28)15-6-4-7-16(12-15)25(29)30/h3-8,11-12H,9-10,13H2,1-2H3,(H,22,26)(H,23,28). The number of nitro groups is 1. The summed E-state index contributed by atoms with van der Waals surface area (Å²) in [5.74, 6) is -0.514. The number of imide groups is 1. The Balaban J connectivity index is 1.57. The van der Waals surface area contributed by atoms with Gasteiger partial charge in [-0.15, -0.1) is 0 Å². The molecule has 3 rings (SSSR count). The van der Waals surface area contributed by atoms with Crippen LogP contribution in [-0.4, -0.2) is 47.4 Å². The van der Waals surface area contributed by atoms with E-state index in [1.165, 1.54) is 31.2 Å². The summed E-state index contributed by atoms with van der Waals surface area (Å²) in [6.45, 7) is 3.33. The monoisotopic (exact) mass is 426 g/mol. The average Bonchev–Trinajstić information content (AvgIpc) is 2.95. The minimum atomic E-state index is -1.50. The molecule has 0 aliphatic carbocycles. The number of nitrogens with one attached hydrogen (secondary N) is 2. The normalized spacial score (nSPS) is 17.9. The van der Waals surface area contributed by atoms with E-state index >= 15 is 0 Å². The van der Waals surface area contributed by atoms with Crippen LogP contribution >= 0.6 is 0 Å². The maximum Gasteiger partial charge on any atom is 0.325 e. The van der Waals surface area contributed by atoms with Crippen molar-refractivity contribution < 1.29 is 24.0 Å². The molecule has 31 heavy (non-hydrogen) atoms. The summed E-state index contributed by atoms with van der Waals surface area (Å²) in [5.41, 5.74) is -0.399. The fourth-order valence-electron chi connectivity index (χ4n) is 3.23. The van der Waals surface area contributed by atoms with Gasteiger partial charge in [-0.05, 0) is 37.1 Å². The first-order valence-corrected chi connectivity index (χ1v) is 9.56. The molecule has 1 saturated heterocycles. The van der Waals surface area contributed by atoms with Gasteiger partial charge in [0.1, 0.15) is 24.4 Å². The van der Waals surface area contributed by atoms with Crippen LogP contribution in [0.15, 0.2) is 48.5 Å².